The fourth-order valence-corrected chi connectivity index (χ4v) is 5.42. The lowest BCUT2D eigenvalue weighted by Gasteiger charge is -2.33. The highest BCUT2D eigenvalue weighted by Crippen LogP contribution is 2.15. The molecule has 1 aromatic heterocycles. The maximum absolute atomic E-state index is 12.7. The molecule has 2 heterocycles. The molecule has 3 aromatic rings. The number of fused-ring (bicyclic) bond motifs is 1. The number of benzene rings is 2. The van der Waals surface area contributed by atoms with Crippen LogP contribution in [-0.2, 0) is 16.4 Å². The van der Waals surface area contributed by atoms with Crippen LogP contribution in [0, 0.1) is 0 Å². The number of para-hydroxylation sites is 2. The van der Waals surface area contributed by atoms with Crippen LogP contribution in [0.25, 0.3) is 11.1 Å². The van der Waals surface area contributed by atoms with Crippen molar-refractivity contribution in [2.75, 3.05) is 38.5 Å². The van der Waals surface area contributed by atoms with Crippen LogP contribution in [0.4, 0.5) is 0 Å². The zero-order valence-corrected chi connectivity index (χ0v) is 19.0. The molecule has 0 bridgehead atoms. The van der Waals surface area contributed by atoms with Crippen LogP contribution in [0.5, 0.6) is 0 Å². The smallest absolute Gasteiger partial charge is 0.407 e. The number of rotatable bonds is 7. The van der Waals surface area contributed by atoms with Gasteiger partial charge in [0.05, 0.1) is 11.3 Å². The fourth-order valence-electron chi connectivity index (χ4n) is 3.83. The molecule has 10 heteroatoms. The Morgan fingerprint density at radius 1 is 1.00 bits per heavy atom. The van der Waals surface area contributed by atoms with Gasteiger partial charge in [-0.15, -0.1) is 0 Å². The minimum absolute atomic E-state index is 0.0452. The summed E-state index contributed by atoms with van der Waals surface area (Å²) < 4.78 is 33.1. The summed E-state index contributed by atoms with van der Waals surface area (Å²) in [5.41, 5.74) is 1.76. The van der Waals surface area contributed by atoms with Gasteiger partial charge in [0.25, 0.3) is 0 Å². The van der Waals surface area contributed by atoms with E-state index in [0.29, 0.717) is 55.3 Å². The van der Waals surface area contributed by atoms with E-state index in [1.165, 1.54) is 4.31 Å². The van der Waals surface area contributed by atoms with E-state index in [9.17, 15) is 18.0 Å². The molecule has 0 unspecified atom stereocenters. The largest absolute Gasteiger partial charge is 0.426 e. The van der Waals surface area contributed by atoms with E-state index in [1.807, 2.05) is 17.0 Å². The standard InChI is InChI=1S/C22H24ClN3O5S/c23-18-7-5-17(6-8-18)10-16-32(29,30)25-14-12-24(13-15-25)11-9-21(27)26-19-3-1-2-4-20(19)31-22(26)28/h1-8H,9-16H2. The molecule has 1 saturated heterocycles. The molecular weight excluding hydrogens is 454 g/mol. The highest BCUT2D eigenvalue weighted by atomic mass is 35.5. The first-order chi connectivity index (χ1) is 15.3. The molecule has 0 saturated carbocycles. The number of oxazole rings is 1. The second-order valence-electron chi connectivity index (χ2n) is 7.75. The first-order valence-electron chi connectivity index (χ1n) is 10.4. The molecule has 1 aliphatic rings. The third-order valence-corrected chi connectivity index (χ3v) is 7.79. The van der Waals surface area contributed by atoms with Gasteiger partial charge in [-0.05, 0) is 36.2 Å². The number of carbonyl (C=O) groups excluding carboxylic acids is 1. The van der Waals surface area contributed by atoms with Crippen molar-refractivity contribution in [3.05, 3.63) is 69.7 Å². The van der Waals surface area contributed by atoms with E-state index in [2.05, 4.69) is 0 Å². The third kappa shape index (κ3) is 5.12. The first-order valence-corrected chi connectivity index (χ1v) is 12.4. The van der Waals surface area contributed by atoms with E-state index < -0.39 is 15.8 Å². The highest BCUT2D eigenvalue weighted by molar-refractivity contribution is 7.89. The number of nitrogens with zero attached hydrogens (tertiary/aromatic N) is 3. The van der Waals surface area contributed by atoms with E-state index >= 15 is 0 Å². The summed E-state index contributed by atoms with van der Waals surface area (Å²) in [7, 11) is -3.36. The van der Waals surface area contributed by atoms with Crippen LogP contribution < -0.4 is 5.76 Å². The molecule has 1 fully saturated rings. The summed E-state index contributed by atoms with van der Waals surface area (Å²) in [6.45, 7) is 2.28. The van der Waals surface area contributed by atoms with Gasteiger partial charge in [-0.1, -0.05) is 35.9 Å². The second-order valence-corrected chi connectivity index (χ2v) is 10.3. The molecule has 32 heavy (non-hydrogen) atoms. The number of carbonyl (C=O) groups is 1. The van der Waals surface area contributed by atoms with Gasteiger partial charge in [-0.2, -0.15) is 4.31 Å². The molecule has 170 valence electrons. The number of hydrogen-bond donors (Lipinski definition) is 0. The predicted molar refractivity (Wildman–Crippen MR) is 123 cm³/mol. The molecule has 8 nitrogen and oxygen atoms in total. The summed E-state index contributed by atoms with van der Waals surface area (Å²) in [5, 5.41) is 0.622. The number of aryl methyl sites for hydroxylation is 1. The van der Waals surface area contributed by atoms with Gasteiger partial charge >= 0.3 is 5.76 Å². The fraction of sp³-hybridized carbons (Fsp3) is 0.364. The van der Waals surface area contributed by atoms with Gasteiger partial charge < -0.3 is 9.32 Å². The Morgan fingerprint density at radius 3 is 2.41 bits per heavy atom. The van der Waals surface area contributed by atoms with Crippen molar-refractivity contribution in [3.8, 4) is 0 Å². The average molecular weight is 478 g/mol. The number of hydrogen-bond acceptors (Lipinski definition) is 6. The first kappa shape index (κ1) is 22.7. The Morgan fingerprint density at radius 2 is 1.69 bits per heavy atom. The van der Waals surface area contributed by atoms with Crippen molar-refractivity contribution in [3.63, 3.8) is 0 Å². The second kappa shape index (κ2) is 9.58. The van der Waals surface area contributed by atoms with Crippen LogP contribution >= 0.6 is 11.6 Å². The van der Waals surface area contributed by atoms with Crippen LogP contribution in [0.1, 0.15) is 16.8 Å². The van der Waals surface area contributed by atoms with Crippen LogP contribution in [0.2, 0.25) is 5.02 Å². The summed E-state index contributed by atoms with van der Waals surface area (Å²) in [5.74, 6) is -0.977. The SMILES string of the molecule is O=C(CCN1CCN(S(=O)(=O)CCc2ccc(Cl)cc2)CC1)n1c(=O)oc2ccccc21. The molecule has 2 aromatic carbocycles. The molecule has 4 rings (SSSR count). The lowest BCUT2D eigenvalue weighted by atomic mass is 10.2. The lowest BCUT2D eigenvalue weighted by molar-refractivity contribution is 0.0868. The molecule has 0 N–H and O–H groups in total. The van der Waals surface area contributed by atoms with Gasteiger partial charge in [-0.3, -0.25) is 4.79 Å². The minimum Gasteiger partial charge on any atom is -0.407 e. The topological polar surface area (TPSA) is 92.8 Å². The Hall–Kier alpha value is -2.46. The monoisotopic (exact) mass is 477 g/mol. The Kier molecular flexibility index (Phi) is 6.80. The average Bonchev–Trinajstić information content (AvgIpc) is 3.13. The van der Waals surface area contributed by atoms with Crippen molar-refractivity contribution >= 4 is 38.6 Å². The normalized spacial score (nSPS) is 15.9. The number of halogens is 1. The zero-order valence-electron chi connectivity index (χ0n) is 17.4. The van der Waals surface area contributed by atoms with Crippen molar-refractivity contribution in [2.24, 2.45) is 0 Å². The van der Waals surface area contributed by atoms with Gasteiger partial charge in [0.15, 0.2) is 5.58 Å². The van der Waals surface area contributed by atoms with Gasteiger partial charge in [0, 0.05) is 44.2 Å². The number of piperazine rings is 1. The number of sulfonamides is 1. The summed E-state index contributed by atoms with van der Waals surface area (Å²) >= 11 is 5.87. The summed E-state index contributed by atoms with van der Waals surface area (Å²) in [6.07, 6.45) is 0.578. The molecule has 0 spiro atoms. The van der Waals surface area contributed by atoms with Gasteiger partial charge in [-0.25, -0.2) is 17.8 Å². The molecule has 0 radical (unpaired) electrons. The van der Waals surface area contributed by atoms with E-state index in [0.717, 1.165) is 10.1 Å². The number of aromatic nitrogens is 1. The summed E-state index contributed by atoms with van der Waals surface area (Å²) in [4.78, 5) is 26.7. The predicted octanol–water partition coefficient (Wildman–Crippen LogP) is 2.47. The zero-order chi connectivity index (χ0) is 22.7. The Bertz CT molecular complexity index is 1260. The maximum atomic E-state index is 12.7. The quantitative estimate of drug-likeness (QED) is 0.519. The molecule has 1 aliphatic heterocycles. The van der Waals surface area contributed by atoms with Crippen LogP contribution in [-0.4, -0.2) is 66.6 Å². The molecular formula is C22H24ClN3O5S. The molecule has 0 amide bonds. The van der Waals surface area contributed by atoms with Crippen LogP contribution in [0.3, 0.4) is 0 Å². The van der Waals surface area contributed by atoms with Crippen molar-refractivity contribution in [2.45, 2.75) is 12.8 Å². The van der Waals surface area contributed by atoms with Crippen molar-refractivity contribution in [1.82, 2.24) is 13.8 Å². The van der Waals surface area contributed by atoms with Crippen LogP contribution in [0.15, 0.2) is 57.7 Å². The Balaban J connectivity index is 1.28. The van der Waals surface area contributed by atoms with Gasteiger partial charge in [0.1, 0.15) is 0 Å². The highest BCUT2D eigenvalue weighted by Gasteiger charge is 2.27. The van der Waals surface area contributed by atoms with E-state index in [4.69, 9.17) is 16.0 Å². The maximum Gasteiger partial charge on any atom is 0.426 e. The van der Waals surface area contributed by atoms with E-state index in [-0.39, 0.29) is 18.1 Å². The minimum atomic E-state index is -3.36. The van der Waals surface area contributed by atoms with Gasteiger partial charge in [0.2, 0.25) is 15.9 Å². The van der Waals surface area contributed by atoms with Crippen molar-refractivity contribution < 1.29 is 17.6 Å². The molecule has 0 aliphatic carbocycles. The third-order valence-electron chi connectivity index (χ3n) is 5.66. The molecule has 0 atom stereocenters. The van der Waals surface area contributed by atoms with Crippen molar-refractivity contribution in [1.29, 1.82) is 0 Å². The lowest BCUT2D eigenvalue weighted by Crippen LogP contribution is -2.49. The van der Waals surface area contributed by atoms with E-state index in [1.54, 1.807) is 36.4 Å². The summed E-state index contributed by atoms with van der Waals surface area (Å²) in [6, 6.07) is 14.0. The Labute approximate surface area is 191 Å².